The highest BCUT2D eigenvalue weighted by atomic mass is 16.5. The van der Waals surface area contributed by atoms with Crippen LogP contribution in [0.15, 0.2) is 23.3 Å². The first-order chi connectivity index (χ1) is 7.17. The quantitative estimate of drug-likeness (QED) is 0.556. The normalized spacial score (nSPS) is 10.4. The van der Waals surface area contributed by atoms with Crippen molar-refractivity contribution < 1.29 is 9.47 Å². The summed E-state index contributed by atoms with van der Waals surface area (Å²) in [5, 5.41) is 5.87. The Morgan fingerprint density at radius 1 is 1.20 bits per heavy atom. The van der Waals surface area contributed by atoms with Gasteiger partial charge in [0, 0.05) is 25.7 Å². The first kappa shape index (κ1) is 11.4. The van der Waals surface area contributed by atoms with Crippen LogP contribution in [0.25, 0.3) is 0 Å². The fourth-order valence-electron chi connectivity index (χ4n) is 1.10. The van der Waals surface area contributed by atoms with Crippen LogP contribution in [-0.4, -0.2) is 39.5 Å². The zero-order valence-corrected chi connectivity index (χ0v) is 9.52. The molecule has 0 aliphatic heterocycles. The highest BCUT2D eigenvalue weighted by Crippen LogP contribution is 2.22. The van der Waals surface area contributed by atoms with Crippen molar-refractivity contribution in [3.63, 3.8) is 0 Å². The minimum absolute atomic E-state index is 0.750. The van der Waals surface area contributed by atoms with E-state index in [9.17, 15) is 0 Å². The second kappa shape index (κ2) is 5.24. The van der Waals surface area contributed by atoms with E-state index in [1.54, 1.807) is 25.4 Å². The number of benzene rings is 1. The van der Waals surface area contributed by atoms with Crippen molar-refractivity contribution in [1.29, 1.82) is 0 Å². The molecule has 0 bridgehead atoms. The molecule has 0 aliphatic rings. The number of rotatable bonds is 4. The molecule has 0 fully saturated rings. The third-order valence-electron chi connectivity index (χ3n) is 1.87. The highest BCUT2D eigenvalue weighted by molar-refractivity contribution is 5.83. The topological polar surface area (TPSA) is 34.1 Å². The SMILES string of the molecule is COc1ccc(/C=N/N(C)C)c(OC)c1. The maximum Gasteiger partial charge on any atom is 0.131 e. The third kappa shape index (κ3) is 3.16. The van der Waals surface area contributed by atoms with Gasteiger partial charge in [-0.15, -0.1) is 0 Å². The second-order valence-electron chi connectivity index (χ2n) is 3.20. The van der Waals surface area contributed by atoms with Gasteiger partial charge in [0.1, 0.15) is 11.5 Å². The Kier molecular flexibility index (Phi) is 3.97. The predicted molar refractivity (Wildman–Crippen MR) is 60.8 cm³/mol. The van der Waals surface area contributed by atoms with Gasteiger partial charge in [0.2, 0.25) is 0 Å². The van der Waals surface area contributed by atoms with Gasteiger partial charge in [0.25, 0.3) is 0 Å². The summed E-state index contributed by atoms with van der Waals surface area (Å²) in [5.41, 5.74) is 0.923. The summed E-state index contributed by atoms with van der Waals surface area (Å²) in [6.45, 7) is 0. The Labute approximate surface area is 90.1 Å². The van der Waals surface area contributed by atoms with E-state index in [4.69, 9.17) is 9.47 Å². The minimum Gasteiger partial charge on any atom is -0.497 e. The minimum atomic E-state index is 0.750. The van der Waals surface area contributed by atoms with Gasteiger partial charge < -0.3 is 14.5 Å². The van der Waals surface area contributed by atoms with Gasteiger partial charge in [-0.3, -0.25) is 0 Å². The standard InChI is InChI=1S/C11H16N2O2/c1-13(2)12-8-9-5-6-10(14-3)7-11(9)15-4/h5-8H,1-4H3/b12-8+. The lowest BCUT2D eigenvalue weighted by molar-refractivity contribution is 0.393. The maximum absolute atomic E-state index is 5.23. The van der Waals surface area contributed by atoms with E-state index in [1.807, 2.05) is 32.3 Å². The number of ether oxygens (including phenoxy) is 2. The van der Waals surface area contributed by atoms with Gasteiger partial charge >= 0.3 is 0 Å². The van der Waals surface area contributed by atoms with Crippen molar-refractivity contribution in [2.75, 3.05) is 28.3 Å². The number of methoxy groups -OCH3 is 2. The Morgan fingerprint density at radius 3 is 2.47 bits per heavy atom. The van der Waals surface area contributed by atoms with E-state index in [0.29, 0.717) is 0 Å². The van der Waals surface area contributed by atoms with E-state index in [0.717, 1.165) is 17.1 Å². The Hall–Kier alpha value is -1.71. The van der Waals surface area contributed by atoms with Crippen LogP contribution >= 0.6 is 0 Å². The van der Waals surface area contributed by atoms with Crippen LogP contribution in [0.4, 0.5) is 0 Å². The van der Waals surface area contributed by atoms with E-state index in [-0.39, 0.29) is 0 Å². The lowest BCUT2D eigenvalue weighted by atomic mass is 10.2. The van der Waals surface area contributed by atoms with E-state index in [1.165, 1.54) is 0 Å². The maximum atomic E-state index is 5.23. The lowest BCUT2D eigenvalue weighted by Gasteiger charge is -2.08. The summed E-state index contributed by atoms with van der Waals surface area (Å²) in [5.74, 6) is 1.52. The second-order valence-corrected chi connectivity index (χ2v) is 3.20. The summed E-state index contributed by atoms with van der Waals surface area (Å²) in [6.07, 6.45) is 1.75. The first-order valence-electron chi connectivity index (χ1n) is 4.60. The van der Waals surface area contributed by atoms with Crippen LogP contribution in [0.2, 0.25) is 0 Å². The zero-order chi connectivity index (χ0) is 11.3. The molecule has 0 N–H and O–H groups in total. The van der Waals surface area contributed by atoms with Gasteiger partial charge in [-0.1, -0.05) is 0 Å². The van der Waals surface area contributed by atoms with Gasteiger partial charge in [-0.05, 0) is 12.1 Å². The van der Waals surface area contributed by atoms with Crippen LogP contribution in [0.3, 0.4) is 0 Å². The van der Waals surface area contributed by atoms with E-state index < -0.39 is 0 Å². The van der Waals surface area contributed by atoms with Crippen molar-refractivity contribution in [1.82, 2.24) is 5.01 Å². The fourth-order valence-corrected chi connectivity index (χ4v) is 1.10. The molecule has 0 aliphatic carbocycles. The van der Waals surface area contributed by atoms with E-state index >= 15 is 0 Å². The molecular weight excluding hydrogens is 192 g/mol. The number of hydrazone groups is 1. The highest BCUT2D eigenvalue weighted by Gasteiger charge is 2.02. The third-order valence-corrected chi connectivity index (χ3v) is 1.87. The molecule has 0 radical (unpaired) electrons. The largest absolute Gasteiger partial charge is 0.497 e. The molecule has 15 heavy (non-hydrogen) atoms. The zero-order valence-electron chi connectivity index (χ0n) is 9.52. The summed E-state index contributed by atoms with van der Waals surface area (Å²) in [6, 6.07) is 5.61. The lowest BCUT2D eigenvalue weighted by Crippen LogP contribution is -2.02. The Morgan fingerprint density at radius 2 is 1.93 bits per heavy atom. The van der Waals surface area contributed by atoms with Crippen LogP contribution in [-0.2, 0) is 0 Å². The molecule has 0 atom stereocenters. The molecule has 1 aromatic rings. The molecule has 4 nitrogen and oxygen atoms in total. The Bertz CT molecular complexity index is 348. The monoisotopic (exact) mass is 208 g/mol. The molecular formula is C11H16N2O2. The van der Waals surface area contributed by atoms with Crippen molar-refractivity contribution in [2.24, 2.45) is 5.10 Å². The molecule has 0 unspecified atom stereocenters. The number of hydrogen-bond donors (Lipinski definition) is 0. The molecule has 0 saturated heterocycles. The molecule has 4 heteroatoms. The van der Waals surface area contributed by atoms with Gasteiger partial charge in [-0.2, -0.15) is 5.10 Å². The number of nitrogens with zero attached hydrogens (tertiary/aromatic N) is 2. The van der Waals surface area contributed by atoms with Gasteiger partial charge in [0.05, 0.1) is 20.4 Å². The van der Waals surface area contributed by atoms with Crippen molar-refractivity contribution in [3.8, 4) is 11.5 Å². The average Bonchev–Trinajstić information content (AvgIpc) is 2.25. The summed E-state index contributed by atoms with van der Waals surface area (Å²) < 4.78 is 10.3. The summed E-state index contributed by atoms with van der Waals surface area (Å²) in [7, 11) is 6.99. The molecule has 0 spiro atoms. The summed E-state index contributed by atoms with van der Waals surface area (Å²) in [4.78, 5) is 0. The first-order valence-corrected chi connectivity index (χ1v) is 4.60. The molecule has 82 valence electrons. The van der Waals surface area contributed by atoms with Crippen LogP contribution < -0.4 is 9.47 Å². The molecule has 0 amide bonds. The number of hydrogen-bond acceptors (Lipinski definition) is 4. The molecule has 0 aromatic heterocycles. The molecule has 1 rings (SSSR count). The predicted octanol–water partition coefficient (Wildman–Crippen LogP) is 1.60. The average molecular weight is 208 g/mol. The van der Waals surface area contributed by atoms with Crippen molar-refractivity contribution in [2.45, 2.75) is 0 Å². The van der Waals surface area contributed by atoms with E-state index in [2.05, 4.69) is 5.10 Å². The molecule has 0 heterocycles. The van der Waals surface area contributed by atoms with Gasteiger partial charge in [0.15, 0.2) is 0 Å². The smallest absolute Gasteiger partial charge is 0.131 e. The Balaban J connectivity index is 2.97. The van der Waals surface area contributed by atoms with Crippen LogP contribution in [0.5, 0.6) is 11.5 Å². The fraction of sp³-hybridized carbons (Fsp3) is 0.364. The van der Waals surface area contributed by atoms with Crippen molar-refractivity contribution in [3.05, 3.63) is 23.8 Å². The molecule has 1 aromatic carbocycles. The summed E-state index contributed by atoms with van der Waals surface area (Å²) >= 11 is 0. The van der Waals surface area contributed by atoms with Crippen LogP contribution in [0.1, 0.15) is 5.56 Å². The van der Waals surface area contributed by atoms with Crippen LogP contribution in [0, 0.1) is 0 Å². The van der Waals surface area contributed by atoms with Gasteiger partial charge in [-0.25, -0.2) is 0 Å². The van der Waals surface area contributed by atoms with Crippen molar-refractivity contribution >= 4 is 6.21 Å². The molecule has 0 saturated carbocycles.